The summed E-state index contributed by atoms with van der Waals surface area (Å²) in [4.78, 5) is 2.49. The lowest BCUT2D eigenvalue weighted by Crippen LogP contribution is -2.32. The van der Waals surface area contributed by atoms with Gasteiger partial charge >= 0.3 is 0 Å². The fraction of sp³-hybridized carbons (Fsp3) is 1.00. The van der Waals surface area contributed by atoms with Crippen LogP contribution in [0.5, 0.6) is 0 Å². The van der Waals surface area contributed by atoms with Crippen LogP contribution in [0.15, 0.2) is 0 Å². The van der Waals surface area contributed by atoms with Crippen molar-refractivity contribution >= 4 is 11.8 Å². The molecule has 0 radical (unpaired) electrons. The quantitative estimate of drug-likeness (QED) is 0.780. The van der Waals surface area contributed by atoms with Crippen LogP contribution in [-0.4, -0.2) is 46.7 Å². The van der Waals surface area contributed by atoms with Crippen LogP contribution in [0.3, 0.4) is 0 Å². The number of aliphatic hydroxyl groups excluding tert-OH is 1. The van der Waals surface area contributed by atoms with Crippen LogP contribution < -0.4 is 0 Å². The molecule has 0 aromatic rings. The zero-order valence-corrected chi connectivity index (χ0v) is 10.4. The van der Waals surface area contributed by atoms with Crippen molar-refractivity contribution in [3.63, 3.8) is 0 Å². The normalized spacial score (nSPS) is 25.7. The fourth-order valence-corrected chi connectivity index (χ4v) is 2.88. The van der Waals surface area contributed by atoms with Gasteiger partial charge in [0.15, 0.2) is 0 Å². The molecule has 1 atom stereocenters. The van der Waals surface area contributed by atoms with Crippen molar-refractivity contribution in [2.45, 2.75) is 31.9 Å². The van der Waals surface area contributed by atoms with Gasteiger partial charge in [0, 0.05) is 30.2 Å². The summed E-state index contributed by atoms with van der Waals surface area (Å²) < 4.78 is 0.442. The van der Waals surface area contributed by atoms with E-state index in [1.165, 1.54) is 25.3 Å². The van der Waals surface area contributed by atoms with Gasteiger partial charge in [0.1, 0.15) is 0 Å². The molecule has 0 aromatic heterocycles. The Labute approximate surface area is 92.1 Å². The average Bonchev–Trinajstić information content (AvgIpc) is 2.28. The predicted octanol–water partition coefficient (Wildman–Crippen LogP) is 1.83. The summed E-state index contributed by atoms with van der Waals surface area (Å²) in [6.45, 7) is 10.5. The van der Waals surface area contributed by atoms with Gasteiger partial charge in [-0.15, -0.1) is 0 Å². The second-order valence-corrected chi connectivity index (χ2v) is 6.75. The molecular formula is C11H23NOS. The van der Waals surface area contributed by atoms with Crippen LogP contribution in [0.25, 0.3) is 0 Å². The van der Waals surface area contributed by atoms with E-state index in [9.17, 15) is 0 Å². The van der Waals surface area contributed by atoms with Crippen molar-refractivity contribution in [3.8, 4) is 0 Å². The van der Waals surface area contributed by atoms with Gasteiger partial charge in [-0.25, -0.2) is 0 Å². The van der Waals surface area contributed by atoms with Crippen molar-refractivity contribution in [2.75, 3.05) is 32.0 Å². The number of nitrogens with zero attached hydrogens (tertiary/aromatic N) is 1. The van der Waals surface area contributed by atoms with Gasteiger partial charge in [-0.1, -0.05) is 20.8 Å². The molecule has 84 valence electrons. The van der Waals surface area contributed by atoms with Gasteiger partial charge in [-0.3, -0.25) is 0 Å². The Hall–Kier alpha value is 0.270. The lowest BCUT2D eigenvalue weighted by molar-refractivity contribution is 0.177. The minimum absolute atomic E-state index is 0.313. The lowest BCUT2D eigenvalue weighted by Gasteiger charge is -2.24. The molecule has 1 fully saturated rings. The van der Waals surface area contributed by atoms with Crippen molar-refractivity contribution in [1.82, 2.24) is 4.90 Å². The van der Waals surface area contributed by atoms with Gasteiger partial charge < -0.3 is 10.0 Å². The molecule has 0 amide bonds. The fourth-order valence-electron chi connectivity index (χ4n) is 1.74. The standard InChI is InChI=1S/C11H23NOS/c1-10(9-13)8-12-5-4-11(2,3)14-7-6-12/h10,13H,4-9H2,1-3H3. The highest BCUT2D eigenvalue weighted by Crippen LogP contribution is 2.30. The number of rotatable bonds is 3. The van der Waals surface area contributed by atoms with Gasteiger partial charge in [-0.2, -0.15) is 11.8 Å². The molecule has 1 rings (SSSR count). The Morgan fingerprint density at radius 2 is 2.14 bits per heavy atom. The van der Waals surface area contributed by atoms with Crippen molar-refractivity contribution < 1.29 is 5.11 Å². The molecule has 0 saturated carbocycles. The van der Waals surface area contributed by atoms with E-state index in [1.54, 1.807) is 0 Å². The molecule has 14 heavy (non-hydrogen) atoms. The van der Waals surface area contributed by atoms with E-state index in [-0.39, 0.29) is 0 Å². The molecule has 1 saturated heterocycles. The third-order valence-corrected chi connectivity index (χ3v) is 4.18. The van der Waals surface area contributed by atoms with Crippen molar-refractivity contribution in [3.05, 3.63) is 0 Å². The highest BCUT2D eigenvalue weighted by molar-refractivity contribution is 8.00. The lowest BCUT2D eigenvalue weighted by atomic mass is 10.1. The minimum atomic E-state index is 0.313. The first-order chi connectivity index (χ1) is 6.53. The van der Waals surface area contributed by atoms with E-state index in [0.29, 0.717) is 17.3 Å². The molecule has 0 aliphatic carbocycles. The highest BCUT2D eigenvalue weighted by atomic mass is 32.2. The summed E-state index contributed by atoms with van der Waals surface area (Å²) in [5.74, 6) is 1.65. The van der Waals surface area contributed by atoms with Gasteiger partial charge in [0.05, 0.1) is 0 Å². The molecule has 0 spiro atoms. The van der Waals surface area contributed by atoms with Crippen LogP contribution >= 0.6 is 11.8 Å². The van der Waals surface area contributed by atoms with Crippen molar-refractivity contribution in [1.29, 1.82) is 0 Å². The van der Waals surface area contributed by atoms with Gasteiger partial charge in [-0.05, 0) is 18.9 Å². The Balaban J connectivity index is 2.35. The third-order valence-electron chi connectivity index (χ3n) is 2.81. The molecule has 1 N–H and O–H groups in total. The molecule has 0 bridgehead atoms. The van der Waals surface area contributed by atoms with Crippen LogP contribution in [-0.2, 0) is 0 Å². The minimum Gasteiger partial charge on any atom is -0.396 e. The van der Waals surface area contributed by atoms with E-state index in [1.807, 2.05) is 0 Å². The summed E-state index contributed by atoms with van der Waals surface area (Å²) in [5.41, 5.74) is 0. The molecule has 0 aromatic carbocycles. The van der Waals surface area contributed by atoms with E-state index >= 15 is 0 Å². The Kier molecular flexibility index (Phi) is 4.74. The van der Waals surface area contributed by atoms with Crippen LogP contribution in [0.2, 0.25) is 0 Å². The summed E-state index contributed by atoms with van der Waals surface area (Å²) in [7, 11) is 0. The molecule has 3 heteroatoms. The Morgan fingerprint density at radius 1 is 1.43 bits per heavy atom. The zero-order chi connectivity index (χ0) is 10.6. The monoisotopic (exact) mass is 217 g/mol. The Bertz CT molecular complexity index is 173. The van der Waals surface area contributed by atoms with Crippen LogP contribution in [0, 0.1) is 5.92 Å². The number of hydrogen-bond donors (Lipinski definition) is 1. The second kappa shape index (κ2) is 5.38. The second-order valence-electron chi connectivity index (χ2n) is 4.95. The van der Waals surface area contributed by atoms with Gasteiger partial charge in [0.2, 0.25) is 0 Å². The molecule has 2 nitrogen and oxygen atoms in total. The third kappa shape index (κ3) is 4.20. The average molecular weight is 217 g/mol. The maximum Gasteiger partial charge on any atom is 0.0468 e. The van der Waals surface area contributed by atoms with E-state index < -0.39 is 0 Å². The van der Waals surface area contributed by atoms with Crippen molar-refractivity contribution in [2.24, 2.45) is 5.92 Å². The van der Waals surface area contributed by atoms with E-state index in [4.69, 9.17) is 5.11 Å². The largest absolute Gasteiger partial charge is 0.396 e. The van der Waals surface area contributed by atoms with Crippen LogP contribution in [0.1, 0.15) is 27.2 Å². The van der Waals surface area contributed by atoms with E-state index in [2.05, 4.69) is 37.4 Å². The zero-order valence-electron chi connectivity index (χ0n) is 9.62. The first-order valence-corrected chi connectivity index (χ1v) is 6.49. The summed E-state index contributed by atoms with van der Waals surface area (Å²) >= 11 is 2.08. The predicted molar refractivity (Wildman–Crippen MR) is 63.8 cm³/mol. The smallest absolute Gasteiger partial charge is 0.0468 e. The van der Waals surface area contributed by atoms with Gasteiger partial charge in [0.25, 0.3) is 0 Å². The molecule has 1 heterocycles. The highest BCUT2D eigenvalue weighted by Gasteiger charge is 2.23. The first-order valence-electron chi connectivity index (χ1n) is 5.51. The number of thioether (sulfide) groups is 1. The number of aliphatic hydroxyl groups is 1. The van der Waals surface area contributed by atoms with Crippen LogP contribution in [0.4, 0.5) is 0 Å². The maximum atomic E-state index is 9.01. The molecule has 1 aliphatic heterocycles. The van der Waals surface area contributed by atoms with E-state index in [0.717, 1.165) is 6.54 Å². The molecular weight excluding hydrogens is 194 g/mol. The number of hydrogen-bond acceptors (Lipinski definition) is 3. The first kappa shape index (κ1) is 12.3. The Morgan fingerprint density at radius 3 is 2.79 bits per heavy atom. The SMILES string of the molecule is CC(CO)CN1CCSC(C)(C)CC1. The molecule has 1 unspecified atom stereocenters. The topological polar surface area (TPSA) is 23.5 Å². The summed E-state index contributed by atoms with van der Waals surface area (Å²) in [6, 6.07) is 0. The molecule has 1 aliphatic rings. The summed E-state index contributed by atoms with van der Waals surface area (Å²) in [5, 5.41) is 9.01. The maximum absolute atomic E-state index is 9.01. The summed E-state index contributed by atoms with van der Waals surface area (Å²) in [6.07, 6.45) is 1.26.